The molecule has 0 unspecified atom stereocenters. The minimum atomic E-state index is 0.313. The topological polar surface area (TPSA) is 80.3 Å². The second-order valence-corrected chi connectivity index (χ2v) is 7.49. The molecule has 1 aliphatic rings. The molecule has 0 radical (unpaired) electrons. The molecule has 1 aromatic carbocycles. The highest BCUT2D eigenvalue weighted by Crippen LogP contribution is 2.27. The van der Waals surface area contributed by atoms with E-state index in [1.54, 1.807) is 10.7 Å². The molecule has 0 bridgehead atoms. The Balaban J connectivity index is 1.65. The van der Waals surface area contributed by atoms with Gasteiger partial charge < -0.3 is 16.4 Å². The van der Waals surface area contributed by atoms with Crippen molar-refractivity contribution in [3.05, 3.63) is 46.6 Å². The number of fused-ring (bicyclic) bond motifs is 1. The van der Waals surface area contributed by atoms with Crippen molar-refractivity contribution < 1.29 is 0 Å². The fourth-order valence-electron chi connectivity index (χ4n) is 3.29. The van der Waals surface area contributed by atoms with E-state index in [2.05, 4.69) is 20.7 Å². The number of nitrogens with zero attached hydrogens (tertiary/aromatic N) is 3. The van der Waals surface area contributed by atoms with Crippen molar-refractivity contribution in [3.63, 3.8) is 0 Å². The molecule has 3 aromatic rings. The largest absolute Gasteiger partial charge is 0.367 e. The third kappa shape index (κ3) is 3.72. The number of benzene rings is 1. The highest BCUT2D eigenvalue weighted by molar-refractivity contribution is 6.33. The van der Waals surface area contributed by atoms with E-state index in [1.807, 2.05) is 30.3 Å². The van der Waals surface area contributed by atoms with Crippen molar-refractivity contribution in [2.24, 2.45) is 5.73 Å². The van der Waals surface area contributed by atoms with Crippen LogP contribution in [0.2, 0.25) is 10.0 Å². The first-order valence-electron chi connectivity index (χ1n) is 8.67. The first-order chi connectivity index (χ1) is 12.6. The number of halogens is 2. The fourth-order valence-corrected chi connectivity index (χ4v) is 3.64. The zero-order chi connectivity index (χ0) is 18.1. The number of hydrogen-bond acceptors (Lipinski definition) is 5. The van der Waals surface area contributed by atoms with E-state index >= 15 is 0 Å². The molecule has 136 valence electrons. The molecule has 26 heavy (non-hydrogen) atoms. The maximum Gasteiger partial charge on any atom is 0.178 e. The van der Waals surface area contributed by atoms with Crippen LogP contribution >= 0.6 is 23.2 Å². The smallest absolute Gasteiger partial charge is 0.178 e. The Bertz CT molecular complexity index is 917. The number of rotatable bonds is 4. The van der Waals surface area contributed by atoms with Gasteiger partial charge in [-0.2, -0.15) is 9.61 Å². The van der Waals surface area contributed by atoms with Gasteiger partial charge in [-0.05, 0) is 43.9 Å². The number of anilines is 3. The molecule has 4 N–H and O–H groups in total. The Morgan fingerprint density at radius 1 is 1.12 bits per heavy atom. The summed E-state index contributed by atoms with van der Waals surface area (Å²) in [6.45, 7) is 0. The lowest BCUT2D eigenvalue weighted by molar-refractivity contribution is 0.410. The normalized spacial score (nSPS) is 20.3. The van der Waals surface area contributed by atoms with Gasteiger partial charge in [-0.25, -0.2) is 4.98 Å². The van der Waals surface area contributed by atoms with Gasteiger partial charge in [0.15, 0.2) is 5.65 Å². The summed E-state index contributed by atoms with van der Waals surface area (Å²) in [4.78, 5) is 4.63. The molecule has 0 aliphatic heterocycles. The minimum absolute atomic E-state index is 0.313. The summed E-state index contributed by atoms with van der Waals surface area (Å²) in [5.41, 5.74) is 7.47. The molecule has 0 spiro atoms. The third-order valence-electron chi connectivity index (χ3n) is 4.65. The molecule has 0 amide bonds. The summed E-state index contributed by atoms with van der Waals surface area (Å²) in [7, 11) is 0. The predicted molar refractivity (Wildman–Crippen MR) is 107 cm³/mol. The van der Waals surface area contributed by atoms with Crippen LogP contribution in [-0.4, -0.2) is 26.7 Å². The second-order valence-electron chi connectivity index (χ2n) is 6.65. The monoisotopic (exact) mass is 390 g/mol. The molecule has 0 saturated heterocycles. The Hall–Kier alpha value is -2.02. The van der Waals surface area contributed by atoms with Crippen molar-refractivity contribution in [1.29, 1.82) is 0 Å². The van der Waals surface area contributed by atoms with Gasteiger partial charge in [0.1, 0.15) is 16.7 Å². The van der Waals surface area contributed by atoms with Crippen molar-refractivity contribution in [3.8, 4) is 0 Å². The zero-order valence-corrected chi connectivity index (χ0v) is 15.6. The van der Waals surface area contributed by atoms with Crippen molar-refractivity contribution in [1.82, 2.24) is 14.6 Å². The number of aromatic nitrogens is 3. The standard InChI is InChI=1S/C18H20Cl2N6/c19-11-2-1-3-14(8-11)24-17-9-16(23-13-6-4-12(21)5-7-13)25-18-15(20)10-22-26(17)18/h1-3,8-10,12-13,24H,4-7,21H2,(H,23,25)/t12-,13-. The highest BCUT2D eigenvalue weighted by atomic mass is 35.5. The Labute approximate surface area is 161 Å². The summed E-state index contributed by atoms with van der Waals surface area (Å²) in [5, 5.41) is 12.3. The average Bonchev–Trinajstić information content (AvgIpc) is 2.99. The van der Waals surface area contributed by atoms with Crippen molar-refractivity contribution in [2.75, 3.05) is 10.6 Å². The summed E-state index contributed by atoms with van der Waals surface area (Å²) in [6.07, 6.45) is 5.73. The van der Waals surface area contributed by atoms with Crippen LogP contribution in [0.5, 0.6) is 0 Å². The quantitative estimate of drug-likeness (QED) is 0.612. The van der Waals surface area contributed by atoms with Crippen LogP contribution in [0.25, 0.3) is 5.65 Å². The lowest BCUT2D eigenvalue weighted by Gasteiger charge is -2.27. The number of nitrogens with one attached hydrogen (secondary N) is 2. The van der Waals surface area contributed by atoms with Gasteiger partial charge in [-0.1, -0.05) is 29.3 Å². The first-order valence-corrected chi connectivity index (χ1v) is 9.43. The maximum absolute atomic E-state index is 6.27. The number of hydrogen-bond donors (Lipinski definition) is 3. The fraction of sp³-hybridized carbons (Fsp3) is 0.333. The summed E-state index contributed by atoms with van der Waals surface area (Å²) in [5.74, 6) is 1.53. The van der Waals surface area contributed by atoms with E-state index in [9.17, 15) is 0 Å². The van der Waals surface area contributed by atoms with Gasteiger partial charge in [0.25, 0.3) is 0 Å². The molecule has 8 heteroatoms. The molecule has 1 fully saturated rings. The van der Waals surface area contributed by atoms with E-state index in [0.717, 1.165) is 43.0 Å². The Morgan fingerprint density at radius 3 is 2.69 bits per heavy atom. The van der Waals surface area contributed by atoms with Crippen LogP contribution in [0.15, 0.2) is 36.5 Å². The van der Waals surface area contributed by atoms with Crippen LogP contribution in [0.4, 0.5) is 17.3 Å². The third-order valence-corrected chi connectivity index (χ3v) is 5.15. The summed E-state index contributed by atoms with van der Waals surface area (Å²) < 4.78 is 1.69. The summed E-state index contributed by atoms with van der Waals surface area (Å²) >= 11 is 12.4. The molecule has 2 aromatic heterocycles. The predicted octanol–water partition coefficient (Wildman–Crippen LogP) is 4.46. The highest BCUT2D eigenvalue weighted by Gasteiger charge is 2.19. The van der Waals surface area contributed by atoms with Gasteiger partial charge in [0, 0.05) is 28.9 Å². The molecule has 1 saturated carbocycles. The average molecular weight is 391 g/mol. The molecular formula is C18H20Cl2N6. The van der Waals surface area contributed by atoms with Gasteiger partial charge in [-0.15, -0.1) is 0 Å². The Morgan fingerprint density at radius 2 is 1.92 bits per heavy atom. The first kappa shape index (κ1) is 17.4. The molecule has 1 aliphatic carbocycles. The van der Waals surface area contributed by atoms with Gasteiger partial charge >= 0.3 is 0 Å². The van der Waals surface area contributed by atoms with E-state index in [-0.39, 0.29) is 0 Å². The molecule has 6 nitrogen and oxygen atoms in total. The van der Waals surface area contributed by atoms with Crippen LogP contribution in [-0.2, 0) is 0 Å². The van der Waals surface area contributed by atoms with Crippen molar-refractivity contribution >= 4 is 46.2 Å². The Kier molecular flexibility index (Phi) is 4.89. The van der Waals surface area contributed by atoms with Gasteiger partial charge in [-0.3, -0.25) is 0 Å². The van der Waals surface area contributed by atoms with E-state index in [0.29, 0.717) is 27.8 Å². The van der Waals surface area contributed by atoms with Gasteiger partial charge in [0.05, 0.1) is 6.20 Å². The lowest BCUT2D eigenvalue weighted by atomic mass is 9.92. The second kappa shape index (κ2) is 7.31. The molecule has 4 rings (SSSR count). The van der Waals surface area contributed by atoms with Crippen molar-refractivity contribution in [2.45, 2.75) is 37.8 Å². The SMILES string of the molecule is N[C@H]1CC[C@H](Nc2cc(Nc3cccc(Cl)c3)n3ncc(Cl)c3n2)CC1. The van der Waals surface area contributed by atoms with Crippen LogP contribution in [0.3, 0.4) is 0 Å². The van der Waals surface area contributed by atoms with Gasteiger partial charge in [0.2, 0.25) is 0 Å². The lowest BCUT2D eigenvalue weighted by Crippen LogP contribution is -2.33. The van der Waals surface area contributed by atoms with Crippen LogP contribution in [0, 0.1) is 0 Å². The van der Waals surface area contributed by atoms with E-state index in [1.165, 1.54) is 0 Å². The molecular weight excluding hydrogens is 371 g/mol. The van der Waals surface area contributed by atoms with E-state index in [4.69, 9.17) is 28.9 Å². The van der Waals surface area contributed by atoms with Crippen LogP contribution in [0.1, 0.15) is 25.7 Å². The zero-order valence-electron chi connectivity index (χ0n) is 14.1. The van der Waals surface area contributed by atoms with Crippen LogP contribution < -0.4 is 16.4 Å². The number of nitrogens with two attached hydrogens (primary N) is 1. The molecule has 0 atom stereocenters. The van der Waals surface area contributed by atoms with E-state index < -0.39 is 0 Å². The maximum atomic E-state index is 6.27. The molecule has 2 heterocycles. The minimum Gasteiger partial charge on any atom is -0.367 e. The summed E-state index contributed by atoms with van der Waals surface area (Å²) in [6, 6.07) is 10.1.